The number of hydrogen-bond donors (Lipinski definition) is 0. The molecule has 1 unspecified atom stereocenters. The second-order valence-corrected chi connectivity index (χ2v) is 6.34. The van der Waals surface area contributed by atoms with Crippen LogP contribution in [0.5, 0.6) is 5.75 Å². The molecule has 3 nitrogen and oxygen atoms in total. The Labute approximate surface area is 123 Å². The highest BCUT2D eigenvalue weighted by molar-refractivity contribution is 9.10. The Balaban J connectivity index is 1.85. The van der Waals surface area contributed by atoms with Crippen molar-refractivity contribution >= 4 is 21.8 Å². The standard InChI is InChI=1S/C15H20BrNO2/c1-11(2)9-15(18)17-8-7-14(10-17)19-13-5-3-12(16)4-6-13/h3-6,11,14H,7-10H2,1-2H3. The summed E-state index contributed by atoms with van der Waals surface area (Å²) in [6.07, 6.45) is 1.67. The lowest BCUT2D eigenvalue weighted by molar-refractivity contribution is -0.131. The Morgan fingerprint density at radius 3 is 2.74 bits per heavy atom. The summed E-state index contributed by atoms with van der Waals surface area (Å²) in [6, 6.07) is 7.82. The van der Waals surface area contributed by atoms with Gasteiger partial charge in [0.2, 0.25) is 5.91 Å². The molecular weight excluding hydrogens is 306 g/mol. The van der Waals surface area contributed by atoms with Crippen molar-refractivity contribution in [1.29, 1.82) is 0 Å². The fourth-order valence-corrected chi connectivity index (χ4v) is 2.50. The Bertz CT molecular complexity index is 430. The van der Waals surface area contributed by atoms with Gasteiger partial charge < -0.3 is 9.64 Å². The van der Waals surface area contributed by atoms with E-state index in [1.54, 1.807) is 0 Å². The van der Waals surface area contributed by atoms with Gasteiger partial charge in [-0.2, -0.15) is 0 Å². The quantitative estimate of drug-likeness (QED) is 0.848. The Morgan fingerprint density at radius 1 is 1.42 bits per heavy atom. The van der Waals surface area contributed by atoms with Crippen LogP contribution in [0.4, 0.5) is 0 Å². The lowest BCUT2D eigenvalue weighted by Gasteiger charge is -2.18. The molecule has 1 heterocycles. The van der Waals surface area contributed by atoms with E-state index in [2.05, 4.69) is 29.8 Å². The molecule has 0 spiro atoms. The first-order valence-corrected chi connectivity index (χ1v) is 7.54. The topological polar surface area (TPSA) is 29.5 Å². The first-order valence-electron chi connectivity index (χ1n) is 6.74. The second-order valence-electron chi connectivity index (χ2n) is 5.42. The molecule has 1 aromatic rings. The van der Waals surface area contributed by atoms with Gasteiger partial charge in [0, 0.05) is 23.9 Å². The van der Waals surface area contributed by atoms with Crippen molar-refractivity contribution in [2.24, 2.45) is 5.92 Å². The van der Waals surface area contributed by atoms with Gasteiger partial charge in [-0.25, -0.2) is 0 Å². The molecule has 1 aliphatic heterocycles. The van der Waals surface area contributed by atoms with Gasteiger partial charge in [0.25, 0.3) is 0 Å². The number of benzene rings is 1. The summed E-state index contributed by atoms with van der Waals surface area (Å²) in [5.74, 6) is 1.53. The largest absolute Gasteiger partial charge is 0.489 e. The van der Waals surface area contributed by atoms with E-state index in [1.807, 2.05) is 29.2 Å². The maximum absolute atomic E-state index is 12.0. The zero-order chi connectivity index (χ0) is 13.8. The van der Waals surface area contributed by atoms with Gasteiger partial charge in [0.1, 0.15) is 11.9 Å². The predicted molar refractivity (Wildman–Crippen MR) is 79.2 cm³/mol. The van der Waals surface area contributed by atoms with Crippen LogP contribution >= 0.6 is 15.9 Å². The molecule has 1 amide bonds. The number of halogens is 1. The van der Waals surface area contributed by atoms with Crippen molar-refractivity contribution in [2.45, 2.75) is 32.8 Å². The maximum Gasteiger partial charge on any atom is 0.222 e. The highest BCUT2D eigenvalue weighted by atomic mass is 79.9. The maximum atomic E-state index is 12.0. The van der Waals surface area contributed by atoms with E-state index in [0.717, 1.165) is 23.2 Å². The second kappa shape index (κ2) is 6.42. The Hall–Kier alpha value is -1.03. The van der Waals surface area contributed by atoms with Gasteiger partial charge in [0.05, 0.1) is 6.54 Å². The van der Waals surface area contributed by atoms with Gasteiger partial charge in [0.15, 0.2) is 0 Å². The summed E-state index contributed by atoms with van der Waals surface area (Å²) in [6.45, 7) is 5.67. The Kier molecular flexibility index (Phi) is 4.86. The van der Waals surface area contributed by atoms with Crippen LogP contribution in [0, 0.1) is 5.92 Å². The van der Waals surface area contributed by atoms with Crippen molar-refractivity contribution in [2.75, 3.05) is 13.1 Å². The number of carbonyl (C=O) groups excluding carboxylic acids is 1. The SMILES string of the molecule is CC(C)CC(=O)N1CCC(Oc2ccc(Br)cc2)C1. The molecule has 1 fully saturated rings. The third-order valence-electron chi connectivity index (χ3n) is 3.20. The summed E-state index contributed by atoms with van der Waals surface area (Å²) in [4.78, 5) is 13.9. The van der Waals surface area contributed by atoms with E-state index in [9.17, 15) is 4.79 Å². The van der Waals surface area contributed by atoms with Crippen molar-refractivity contribution in [3.63, 3.8) is 0 Å². The monoisotopic (exact) mass is 325 g/mol. The first-order chi connectivity index (χ1) is 9.04. The van der Waals surface area contributed by atoms with Gasteiger partial charge >= 0.3 is 0 Å². The van der Waals surface area contributed by atoms with Gasteiger partial charge in [-0.05, 0) is 30.2 Å². The lowest BCUT2D eigenvalue weighted by Crippen LogP contribution is -2.31. The summed E-state index contributed by atoms with van der Waals surface area (Å²) < 4.78 is 6.94. The normalized spacial score (nSPS) is 18.9. The van der Waals surface area contributed by atoms with Crippen molar-refractivity contribution in [1.82, 2.24) is 4.90 Å². The van der Waals surface area contributed by atoms with E-state index in [-0.39, 0.29) is 12.0 Å². The van der Waals surface area contributed by atoms with Crippen LogP contribution in [-0.2, 0) is 4.79 Å². The van der Waals surface area contributed by atoms with Crippen LogP contribution in [0.15, 0.2) is 28.7 Å². The average molecular weight is 326 g/mol. The summed E-state index contributed by atoms with van der Waals surface area (Å²) >= 11 is 3.40. The summed E-state index contributed by atoms with van der Waals surface area (Å²) in [5.41, 5.74) is 0. The number of nitrogens with zero attached hydrogens (tertiary/aromatic N) is 1. The molecule has 104 valence electrons. The molecule has 0 bridgehead atoms. The lowest BCUT2D eigenvalue weighted by atomic mass is 10.1. The third kappa shape index (κ3) is 4.23. The molecule has 4 heteroatoms. The molecule has 1 aliphatic rings. The van der Waals surface area contributed by atoms with Crippen LogP contribution in [0.25, 0.3) is 0 Å². The fourth-order valence-electron chi connectivity index (χ4n) is 2.23. The van der Waals surface area contributed by atoms with E-state index in [0.29, 0.717) is 18.9 Å². The van der Waals surface area contributed by atoms with Crippen LogP contribution in [0.2, 0.25) is 0 Å². The molecule has 1 saturated heterocycles. The smallest absolute Gasteiger partial charge is 0.222 e. The number of amides is 1. The van der Waals surface area contributed by atoms with Gasteiger partial charge in [-0.15, -0.1) is 0 Å². The molecule has 0 radical (unpaired) electrons. The number of hydrogen-bond acceptors (Lipinski definition) is 2. The molecule has 0 N–H and O–H groups in total. The molecule has 19 heavy (non-hydrogen) atoms. The van der Waals surface area contributed by atoms with Crippen LogP contribution < -0.4 is 4.74 Å². The van der Waals surface area contributed by atoms with Crippen LogP contribution in [-0.4, -0.2) is 30.0 Å². The Morgan fingerprint density at radius 2 is 2.11 bits per heavy atom. The molecule has 0 aromatic heterocycles. The van der Waals surface area contributed by atoms with Crippen molar-refractivity contribution < 1.29 is 9.53 Å². The molecular formula is C15H20BrNO2. The predicted octanol–water partition coefficient (Wildman–Crippen LogP) is 3.47. The summed E-state index contributed by atoms with van der Waals surface area (Å²) in [7, 11) is 0. The van der Waals surface area contributed by atoms with E-state index in [1.165, 1.54) is 0 Å². The average Bonchev–Trinajstić information content (AvgIpc) is 2.80. The fraction of sp³-hybridized carbons (Fsp3) is 0.533. The first kappa shape index (κ1) is 14.4. The highest BCUT2D eigenvalue weighted by Crippen LogP contribution is 2.21. The molecule has 0 aliphatic carbocycles. The zero-order valence-electron chi connectivity index (χ0n) is 11.4. The third-order valence-corrected chi connectivity index (χ3v) is 3.73. The summed E-state index contributed by atoms with van der Waals surface area (Å²) in [5, 5.41) is 0. The van der Waals surface area contributed by atoms with E-state index in [4.69, 9.17) is 4.74 Å². The minimum Gasteiger partial charge on any atom is -0.489 e. The van der Waals surface area contributed by atoms with Gasteiger partial charge in [-0.3, -0.25) is 4.79 Å². The highest BCUT2D eigenvalue weighted by Gasteiger charge is 2.27. The van der Waals surface area contributed by atoms with E-state index >= 15 is 0 Å². The van der Waals surface area contributed by atoms with Crippen molar-refractivity contribution in [3.8, 4) is 5.75 Å². The molecule has 2 rings (SSSR count). The van der Waals surface area contributed by atoms with Crippen molar-refractivity contribution in [3.05, 3.63) is 28.7 Å². The number of rotatable bonds is 4. The van der Waals surface area contributed by atoms with E-state index < -0.39 is 0 Å². The number of carbonyl (C=O) groups is 1. The zero-order valence-corrected chi connectivity index (χ0v) is 13.0. The number of likely N-dealkylation sites (tertiary alicyclic amines) is 1. The molecule has 1 atom stereocenters. The number of ether oxygens (including phenoxy) is 1. The minimum atomic E-state index is 0.122. The van der Waals surface area contributed by atoms with Crippen LogP contribution in [0.1, 0.15) is 26.7 Å². The van der Waals surface area contributed by atoms with Gasteiger partial charge in [-0.1, -0.05) is 29.8 Å². The molecule has 0 saturated carbocycles. The minimum absolute atomic E-state index is 0.122. The molecule has 1 aromatic carbocycles. The van der Waals surface area contributed by atoms with Crippen LogP contribution in [0.3, 0.4) is 0 Å².